The predicted octanol–water partition coefficient (Wildman–Crippen LogP) is 0.434. The summed E-state index contributed by atoms with van der Waals surface area (Å²) in [6.07, 6.45) is 0.527. The van der Waals surface area contributed by atoms with E-state index in [-0.39, 0.29) is 24.3 Å². The number of nitrogens with one attached hydrogen (secondary N) is 2. The molecule has 0 spiro atoms. The SMILES string of the molecule is O=C1CCC(NCC(O)COc2ccccc2F)CN1. The minimum absolute atomic E-state index is 0.0208. The van der Waals surface area contributed by atoms with E-state index in [0.29, 0.717) is 19.5 Å². The number of hydrogen-bond donors (Lipinski definition) is 3. The molecule has 0 bridgehead atoms. The Bertz CT molecular complexity index is 446. The Morgan fingerprint density at radius 2 is 2.30 bits per heavy atom. The van der Waals surface area contributed by atoms with E-state index in [0.717, 1.165) is 6.42 Å². The summed E-state index contributed by atoms with van der Waals surface area (Å²) >= 11 is 0. The van der Waals surface area contributed by atoms with Gasteiger partial charge in [-0.1, -0.05) is 12.1 Å². The molecule has 0 radical (unpaired) electrons. The zero-order valence-corrected chi connectivity index (χ0v) is 11.1. The second-order valence-corrected chi connectivity index (χ2v) is 4.84. The molecule has 1 saturated heterocycles. The van der Waals surface area contributed by atoms with Gasteiger partial charge in [-0.2, -0.15) is 0 Å². The number of carbonyl (C=O) groups is 1. The van der Waals surface area contributed by atoms with Crippen LogP contribution in [0.3, 0.4) is 0 Å². The lowest BCUT2D eigenvalue weighted by atomic mass is 10.1. The molecule has 110 valence electrons. The Labute approximate surface area is 117 Å². The average Bonchev–Trinajstić information content (AvgIpc) is 2.46. The molecule has 3 N–H and O–H groups in total. The summed E-state index contributed by atoms with van der Waals surface area (Å²) in [5.41, 5.74) is 0. The number of para-hydroxylation sites is 1. The maximum Gasteiger partial charge on any atom is 0.220 e. The first kappa shape index (κ1) is 14.7. The van der Waals surface area contributed by atoms with Gasteiger partial charge in [0.2, 0.25) is 5.91 Å². The van der Waals surface area contributed by atoms with Crippen LogP contribution < -0.4 is 15.4 Å². The van der Waals surface area contributed by atoms with Crippen molar-refractivity contribution in [2.24, 2.45) is 0 Å². The molecule has 1 amide bonds. The van der Waals surface area contributed by atoms with Crippen LogP contribution in [0.25, 0.3) is 0 Å². The quantitative estimate of drug-likeness (QED) is 0.708. The molecule has 0 aromatic heterocycles. The molecule has 6 heteroatoms. The smallest absolute Gasteiger partial charge is 0.220 e. The second-order valence-electron chi connectivity index (χ2n) is 4.84. The van der Waals surface area contributed by atoms with Gasteiger partial charge in [0.25, 0.3) is 0 Å². The zero-order valence-electron chi connectivity index (χ0n) is 11.1. The van der Waals surface area contributed by atoms with Crippen LogP contribution in [0.15, 0.2) is 24.3 Å². The number of ether oxygens (including phenoxy) is 1. The molecule has 5 nitrogen and oxygen atoms in total. The maximum absolute atomic E-state index is 13.3. The van der Waals surface area contributed by atoms with Crippen LogP contribution in [0.4, 0.5) is 4.39 Å². The van der Waals surface area contributed by atoms with Crippen LogP contribution in [-0.4, -0.2) is 42.9 Å². The van der Waals surface area contributed by atoms with Gasteiger partial charge in [-0.15, -0.1) is 0 Å². The van der Waals surface area contributed by atoms with Gasteiger partial charge in [0.1, 0.15) is 12.7 Å². The van der Waals surface area contributed by atoms with E-state index in [9.17, 15) is 14.3 Å². The Hall–Kier alpha value is -1.66. The minimum atomic E-state index is -0.729. The largest absolute Gasteiger partial charge is 0.488 e. The van der Waals surface area contributed by atoms with E-state index in [1.807, 2.05) is 0 Å². The minimum Gasteiger partial charge on any atom is -0.488 e. The van der Waals surface area contributed by atoms with Gasteiger partial charge < -0.3 is 20.5 Å². The second kappa shape index (κ2) is 7.21. The molecule has 0 aliphatic carbocycles. The van der Waals surface area contributed by atoms with Crippen molar-refractivity contribution in [3.05, 3.63) is 30.1 Å². The van der Waals surface area contributed by atoms with Gasteiger partial charge in [0.05, 0.1) is 0 Å². The fourth-order valence-electron chi connectivity index (χ4n) is 2.02. The van der Waals surface area contributed by atoms with Crippen LogP contribution >= 0.6 is 0 Å². The molecule has 1 aliphatic rings. The van der Waals surface area contributed by atoms with E-state index in [1.165, 1.54) is 12.1 Å². The monoisotopic (exact) mass is 282 g/mol. The van der Waals surface area contributed by atoms with Gasteiger partial charge >= 0.3 is 0 Å². The van der Waals surface area contributed by atoms with Crippen molar-refractivity contribution in [1.29, 1.82) is 0 Å². The van der Waals surface area contributed by atoms with Crippen LogP contribution in [0.5, 0.6) is 5.75 Å². The van der Waals surface area contributed by atoms with Gasteiger partial charge in [0, 0.05) is 25.6 Å². The van der Waals surface area contributed by atoms with Crippen molar-refractivity contribution < 1.29 is 19.0 Å². The number of carbonyl (C=O) groups excluding carboxylic acids is 1. The third-order valence-corrected chi connectivity index (χ3v) is 3.18. The van der Waals surface area contributed by atoms with Crippen molar-refractivity contribution in [2.45, 2.75) is 25.0 Å². The van der Waals surface area contributed by atoms with Gasteiger partial charge in [-0.3, -0.25) is 4.79 Å². The summed E-state index contributed by atoms with van der Waals surface area (Å²) < 4.78 is 18.5. The fraction of sp³-hybridized carbons (Fsp3) is 0.500. The number of rotatable bonds is 6. The van der Waals surface area contributed by atoms with Crippen molar-refractivity contribution in [3.63, 3.8) is 0 Å². The van der Waals surface area contributed by atoms with Crippen LogP contribution in [-0.2, 0) is 4.79 Å². The van der Waals surface area contributed by atoms with Crippen molar-refractivity contribution in [3.8, 4) is 5.75 Å². The number of hydrogen-bond acceptors (Lipinski definition) is 4. The molecule has 1 aromatic carbocycles. The molecule has 0 saturated carbocycles. The zero-order chi connectivity index (χ0) is 14.4. The summed E-state index contributed by atoms with van der Waals surface area (Å²) in [5, 5.41) is 15.7. The standard InChI is InChI=1S/C14H19FN2O3/c15-12-3-1-2-4-13(12)20-9-11(18)8-16-10-5-6-14(19)17-7-10/h1-4,10-11,16,18H,5-9H2,(H,17,19). The molecule has 1 heterocycles. The molecule has 2 unspecified atom stereocenters. The van der Waals surface area contributed by atoms with Crippen molar-refractivity contribution in [2.75, 3.05) is 19.7 Å². The first-order valence-electron chi connectivity index (χ1n) is 6.70. The van der Waals surface area contributed by atoms with E-state index >= 15 is 0 Å². The average molecular weight is 282 g/mol. The highest BCUT2D eigenvalue weighted by Gasteiger charge is 2.18. The Balaban J connectivity index is 1.67. The summed E-state index contributed by atoms with van der Waals surface area (Å²) in [5.74, 6) is -0.245. The van der Waals surface area contributed by atoms with E-state index in [2.05, 4.69) is 10.6 Å². The van der Waals surface area contributed by atoms with E-state index < -0.39 is 11.9 Å². The van der Waals surface area contributed by atoms with Crippen LogP contribution in [0.2, 0.25) is 0 Å². The van der Waals surface area contributed by atoms with Crippen LogP contribution in [0.1, 0.15) is 12.8 Å². The molecule has 1 aromatic rings. The first-order valence-corrected chi connectivity index (χ1v) is 6.70. The maximum atomic E-state index is 13.3. The topological polar surface area (TPSA) is 70.6 Å². The lowest BCUT2D eigenvalue weighted by Crippen LogP contribution is -2.48. The van der Waals surface area contributed by atoms with Crippen LogP contribution in [0, 0.1) is 5.82 Å². The predicted molar refractivity (Wildman–Crippen MR) is 71.9 cm³/mol. The molecular weight excluding hydrogens is 263 g/mol. The summed E-state index contributed by atoms with van der Waals surface area (Å²) in [7, 11) is 0. The van der Waals surface area contributed by atoms with Gasteiger partial charge in [0.15, 0.2) is 11.6 Å². The Kier molecular flexibility index (Phi) is 5.31. The number of aliphatic hydroxyl groups is 1. The fourth-order valence-corrected chi connectivity index (χ4v) is 2.02. The van der Waals surface area contributed by atoms with Gasteiger partial charge in [-0.05, 0) is 18.6 Å². The lowest BCUT2D eigenvalue weighted by Gasteiger charge is -2.24. The molecule has 2 rings (SSSR count). The summed E-state index contributed by atoms with van der Waals surface area (Å²) in [6.45, 7) is 0.932. The highest BCUT2D eigenvalue weighted by Crippen LogP contribution is 2.15. The third kappa shape index (κ3) is 4.47. The summed E-state index contributed by atoms with van der Waals surface area (Å²) in [4.78, 5) is 11.0. The third-order valence-electron chi connectivity index (χ3n) is 3.18. The van der Waals surface area contributed by atoms with E-state index in [1.54, 1.807) is 12.1 Å². The highest BCUT2D eigenvalue weighted by atomic mass is 19.1. The molecule has 2 atom stereocenters. The summed E-state index contributed by atoms with van der Waals surface area (Å²) in [6, 6.07) is 6.25. The lowest BCUT2D eigenvalue weighted by molar-refractivity contribution is -0.122. The molecule has 1 fully saturated rings. The Morgan fingerprint density at radius 3 is 3.00 bits per heavy atom. The normalized spacial score (nSPS) is 20.3. The number of aliphatic hydroxyl groups excluding tert-OH is 1. The first-order chi connectivity index (χ1) is 9.65. The number of amides is 1. The molecule has 20 heavy (non-hydrogen) atoms. The number of halogens is 1. The van der Waals surface area contributed by atoms with E-state index in [4.69, 9.17) is 4.74 Å². The number of benzene rings is 1. The molecule has 1 aliphatic heterocycles. The highest BCUT2D eigenvalue weighted by molar-refractivity contribution is 5.76. The van der Waals surface area contributed by atoms with Crippen molar-refractivity contribution in [1.82, 2.24) is 10.6 Å². The molecular formula is C14H19FN2O3. The number of piperidine rings is 1. The van der Waals surface area contributed by atoms with Crippen molar-refractivity contribution >= 4 is 5.91 Å². The Morgan fingerprint density at radius 1 is 1.50 bits per heavy atom. The van der Waals surface area contributed by atoms with Gasteiger partial charge in [-0.25, -0.2) is 4.39 Å².